The van der Waals surface area contributed by atoms with Gasteiger partial charge in [0.15, 0.2) is 11.2 Å². The predicted octanol–water partition coefficient (Wildman–Crippen LogP) is 3.23. The molecule has 6 nitrogen and oxygen atoms in total. The summed E-state index contributed by atoms with van der Waals surface area (Å²) in [6.07, 6.45) is -0.577. The van der Waals surface area contributed by atoms with Gasteiger partial charge in [-0.25, -0.2) is 4.98 Å². The van der Waals surface area contributed by atoms with Gasteiger partial charge in [-0.2, -0.15) is 0 Å². The molecule has 8 heteroatoms. The lowest BCUT2D eigenvalue weighted by molar-refractivity contribution is -0.139. The number of nitrogens with zero attached hydrogens (tertiary/aromatic N) is 1. The summed E-state index contributed by atoms with van der Waals surface area (Å²) in [6.45, 7) is 3.41. The fraction of sp³-hybridized carbons (Fsp3) is 0.312. The monoisotopic (exact) mass is 368 g/mol. The van der Waals surface area contributed by atoms with Crippen LogP contribution in [0, 0.1) is 6.92 Å². The maximum atomic E-state index is 12.2. The number of methoxy groups -OCH3 is 1. The second-order valence-corrected chi connectivity index (χ2v) is 6.50. The van der Waals surface area contributed by atoms with Crippen LogP contribution in [0.15, 0.2) is 24.3 Å². The van der Waals surface area contributed by atoms with Gasteiger partial charge in [0.25, 0.3) is 5.91 Å². The van der Waals surface area contributed by atoms with Crippen LogP contribution < -0.4 is 10.1 Å². The molecule has 0 aliphatic heterocycles. The standard InChI is InChI=1S/C16H17ClN2O4S/c1-9-13(8-14(20)22-3)24-16(18-9)19-15(21)10(2)23-12-6-4-11(17)5-7-12/h4-7,10H,8H2,1-3H3,(H,18,19,21). The zero-order valence-corrected chi connectivity index (χ0v) is 15.0. The molecule has 2 rings (SSSR count). The van der Waals surface area contributed by atoms with Crippen LogP contribution in [0.25, 0.3) is 0 Å². The number of amides is 1. The fourth-order valence-electron chi connectivity index (χ4n) is 1.83. The Balaban J connectivity index is 1.97. The molecule has 0 spiro atoms. The van der Waals surface area contributed by atoms with Crippen molar-refractivity contribution in [2.45, 2.75) is 26.4 Å². The summed E-state index contributed by atoms with van der Waals surface area (Å²) in [5.41, 5.74) is 0.687. The molecule has 0 saturated heterocycles. The van der Waals surface area contributed by atoms with Crippen LogP contribution >= 0.6 is 22.9 Å². The number of carbonyl (C=O) groups excluding carboxylic acids is 2. The molecular weight excluding hydrogens is 352 g/mol. The molecule has 0 aliphatic carbocycles. The van der Waals surface area contributed by atoms with Crippen LogP contribution in [-0.2, 0) is 20.7 Å². The summed E-state index contributed by atoms with van der Waals surface area (Å²) in [6, 6.07) is 6.75. The number of anilines is 1. The van der Waals surface area contributed by atoms with E-state index in [-0.39, 0.29) is 18.3 Å². The van der Waals surface area contributed by atoms with Gasteiger partial charge < -0.3 is 9.47 Å². The topological polar surface area (TPSA) is 77.5 Å². The molecule has 2 aromatic rings. The third kappa shape index (κ3) is 4.94. The van der Waals surface area contributed by atoms with Crippen molar-refractivity contribution < 1.29 is 19.1 Å². The lowest BCUT2D eigenvalue weighted by Gasteiger charge is -2.13. The summed E-state index contributed by atoms with van der Waals surface area (Å²) < 4.78 is 10.2. The number of aryl methyl sites for hydroxylation is 1. The van der Waals surface area contributed by atoms with Crippen LogP contribution in [0.4, 0.5) is 5.13 Å². The van der Waals surface area contributed by atoms with Gasteiger partial charge in [0, 0.05) is 9.90 Å². The quantitative estimate of drug-likeness (QED) is 0.792. The molecule has 128 valence electrons. The van der Waals surface area contributed by atoms with E-state index in [2.05, 4.69) is 15.0 Å². The van der Waals surface area contributed by atoms with Crippen LogP contribution in [0.1, 0.15) is 17.5 Å². The second-order valence-electron chi connectivity index (χ2n) is 4.98. The number of rotatable bonds is 6. The Morgan fingerprint density at radius 1 is 1.33 bits per heavy atom. The second kappa shape index (κ2) is 8.12. The molecule has 0 bridgehead atoms. The zero-order chi connectivity index (χ0) is 17.7. The van der Waals surface area contributed by atoms with Gasteiger partial charge in [0.2, 0.25) is 0 Å². The van der Waals surface area contributed by atoms with Crippen molar-refractivity contribution in [2.75, 3.05) is 12.4 Å². The number of hydrogen-bond acceptors (Lipinski definition) is 6. The minimum Gasteiger partial charge on any atom is -0.481 e. The van der Waals surface area contributed by atoms with Crippen molar-refractivity contribution in [2.24, 2.45) is 0 Å². The van der Waals surface area contributed by atoms with E-state index in [1.807, 2.05) is 0 Å². The summed E-state index contributed by atoms with van der Waals surface area (Å²) in [4.78, 5) is 28.5. The normalized spacial score (nSPS) is 11.7. The number of hydrogen-bond donors (Lipinski definition) is 1. The number of carbonyl (C=O) groups is 2. The Kier molecular flexibility index (Phi) is 6.16. The maximum absolute atomic E-state index is 12.2. The SMILES string of the molecule is COC(=O)Cc1sc(NC(=O)C(C)Oc2ccc(Cl)cc2)nc1C. The minimum absolute atomic E-state index is 0.132. The molecular formula is C16H17ClN2O4S. The van der Waals surface area contributed by atoms with Gasteiger partial charge in [0.1, 0.15) is 5.75 Å². The molecule has 1 aromatic carbocycles. The number of nitrogens with one attached hydrogen (secondary N) is 1. The van der Waals surface area contributed by atoms with E-state index in [0.29, 0.717) is 21.6 Å². The largest absolute Gasteiger partial charge is 0.481 e. The number of halogens is 1. The Hall–Kier alpha value is -2.12. The summed E-state index contributed by atoms with van der Waals surface area (Å²) >= 11 is 7.05. The molecule has 1 amide bonds. The lowest BCUT2D eigenvalue weighted by atomic mass is 10.3. The molecule has 1 aromatic heterocycles. The minimum atomic E-state index is -0.709. The number of esters is 1. The van der Waals surface area contributed by atoms with Crippen molar-refractivity contribution in [3.8, 4) is 5.75 Å². The average molecular weight is 369 g/mol. The van der Waals surface area contributed by atoms with Crippen LogP contribution in [0.2, 0.25) is 5.02 Å². The molecule has 0 aliphatic rings. The van der Waals surface area contributed by atoms with Gasteiger partial charge in [0.05, 0.1) is 19.2 Å². The Bertz CT molecular complexity index is 730. The number of thiazole rings is 1. The van der Waals surface area contributed by atoms with Gasteiger partial charge in [-0.15, -0.1) is 11.3 Å². The molecule has 0 radical (unpaired) electrons. The highest BCUT2D eigenvalue weighted by Crippen LogP contribution is 2.24. The summed E-state index contributed by atoms with van der Waals surface area (Å²) in [5.74, 6) is -0.133. The molecule has 0 saturated carbocycles. The van der Waals surface area contributed by atoms with Crippen molar-refractivity contribution in [1.29, 1.82) is 0 Å². The van der Waals surface area contributed by atoms with Crippen molar-refractivity contribution >= 4 is 39.9 Å². The highest BCUT2D eigenvalue weighted by atomic mass is 35.5. The van der Waals surface area contributed by atoms with Gasteiger partial charge >= 0.3 is 5.97 Å². The van der Waals surface area contributed by atoms with Crippen LogP contribution in [0.5, 0.6) is 5.75 Å². The van der Waals surface area contributed by atoms with Crippen LogP contribution in [-0.4, -0.2) is 30.1 Å². The Morgan fingerprint density at radius 3 is 2.62 bits per heavy atom. The summed E-state index contributed by atoms with van der Waals surface area (Å²) in [5, 5.41) is 3.70. The predicted molar refractivity (Wildman–Crippen MR) is 92.7 cm³/mol. The highest BCUT2D eigenvalue weighted by Gasteiger charge is 2.18. The molecule has 0 fully saturated rings. The highest BCUT2D eigenvalue weighted by molar-refractivity contribution is 7.16. The Morgan fingerprint density at radius 2 is 2.00 bits per heavy atom. The third-order valence-corrected chi connectivity index (χ3v) is 4.48. The summed E-state index contributed by atoms with van der Waals surface area (Å²) in [7, 11) is 1.33. The first-order valence-corrected chi connectivity index (χ1v) is 8.34. The number of benzene rings is 1. The molecule has 1 heterocycles. The third-order valence-electron chi connectivity index (χ3n) is 3.15. The van der Waals surface area contributed by atoms with Gasteiger partial charge in [-0.1, -0.05) is 11.6 Å². The molecule has 1 atom stereocenters. The average Bonchev–Trinajstić information content (AvgIpc) is 2.88. The first-order valence-electron chi connectivity index (χ1n) is 7.15. The van der Waals surface area contributed by atoms with E-state index in [4.69, 9.17) is 16.3 Å². The smallest absolute Gasteiger partial charge is 0.310 e. The first-order chi connectivity index (χ1) is 11.4. The number of ether oxygens (including phenoxy) is 2. The van der Waals surface area contributed by atoms with Crippen molar-refractivity contribution in [3.05, 3.63) is 39.9 Å². The number of aromatic nitrogens is 1. The van der Waals surface area contributed by atoms with Gasteiger partial charge in [-0.3, -0.25) is 14.9 Å². The van der Waals surface area contributed by atoms with Crippen LogP contribution in [0.3, 0.4) is 0 Å². The molecule has 1 N–H and O–H groups in total. The first kappa shape index (κ1) is 18.2. The lowest BCUT2D eigenvalue weighted by Crippen LogP contribution is -2.30. The van der Waals surface area contributed by atoms with E-state index >= 15 is 0 Å². The maximum Gasteiger partial charge on any atom is 0.310 e. The molecule has 24 heavy (non-hydrogen) atoms. The van der Waals surface area contributed by atoms with E-state index in [1.54, 1.807) is 38.1 Å². The zero-order valence-electron chi connectivity index (χ0n) is 13.5. The van der Waals surface area contributed by atoms with E-state index < -0.39 is 6.10 Å². The van der Waals surface area contributed by atoms with E-state index in [0.717, 1.165) is 4.88 Å². The van der Waals surface area contributed by atoms with Crippen molar-refractivity contribution in [3.63, 3.8) is 0 Å². The van der Waals surface area contributed by atoms with Crippen molar-refractivity contribution in [1.82, 2.24) is 4.98 Å². The molecule has 1 unspecified atom stereocenters. The van der Waals surface area contributed by atoms with E-state index in [9.17, 15) is 9.59 Å². The van der Waals surface area contributed by atoms with E-state index in [1.165, 1.54) is 18.4 Å². The fourth-order valence-corrected chi connectivity index (χ4v) is 2.90. The van der Waals surface area contributed by atoms with Gasteiger partial charge in [-0.05, 0) is 38.1 Å². The Labute approximate surface area is 148 Å².